The Bertz CT molecular complexity index is 183. The number of hydrogen-bond acceptors (Lipinski definition) is 2. The van der Waals surface area contributed by atoms with Gasteiger partial charge in [0.25, 0.3) is 0 Å². The Morgan fingerprint density at radius 2 is 2.22 bits per heavy atom. The van der Waals surface area contributed by atoms with E-state index in [0.29, 0.717) is 0 Å². The van der Waals surface area contributed by atoms with E-state index in [2.05, 4.69) is 17.2 Å². The van der Waals surface area contributed by atoms with Crippen molar-refractivity contribution >= 4 is 0 Å². The smallest absolute Gasteiger partial charge is 0.0828 e. The summed E-state index contributed by atoms with van der Waals surface area (Å²) in [5.74, 6) is 0. The summed E-state index contributed by atoms with van der Waals surface area (Å²) in [7, 11) is 1.92. The van der Waals surface area contributed by atoms with Crippen LogP contribution in [0.25, 0.3) is 0 Å². The molecule has 9 heavy (non-hydrogen) atoms. The molecule has 0 radical (unpaired) electrons. The molecule has 0 aliphatic rings. The van der Waals surface area contributed by atoms with Crippen LogP contribution in [0.1, 0.15) is 18.3 Å². The average molecular weight is 125 g/mol. The Morgan fingerprint density at radius 1 is 1.56 bits per heavy atom. The molecule has 3 heteroatoms. The number of rotatable bonds is 1. The molecule has 1 heterocycles. The molecule has 50 valence electrons. The average Bonchev–Trinajstić information content (AvgIpc) is 2.12. The van der Waals surface area contributed by atoms with E-state index in [9.17, 15) is 0 Å². The number of hydrogen-bond donors (Lipinski definition) is 0. The second-order valence-corrected chi connectivity index (χ2v) is 2.10. The second kappa shape index (κ2) is 2.17. The third-order valence-electron chi connectivity index (χ3n) is 1.47. The van der Waals surface area contributed by atoms with Crippen LogP contribution in [-0.2, 0) is 13.5 Å². The number of aromatic nitrogens is 3. The Labute approximate surface area is 54.7 Å². The first-order valence-corrected chi connectivity index (χ1v) is 3.11. The Morgan fingerprint density at radius 3 is 2.44 bits per heavy atom. The van der Waals surface area contributed by atoms with Crippen molar-refractivity contribution in [3.05, 3.63) is 11.4 Å². The Balaban J connectivity index is 3.07. The zero-order valence-corrected chi connectivity index (χ0v) is 6.05. The lowest BCUT2D eigenvalue weighted by atomic mass is 10.3. The van der Waals surface area contributed by atoms with Gasteiger partial charge in [0.15, 0.2) is 0 Å². The van der Waals surface area contributed by atoms with E-state index in [-0.39, 0.29) is 0 Å². The zero-order valence-electron chi connectivity index (χ0n) is 6.05. The molecule has 1 rings (SSSR count). The minimum atomic E-state index is 1.01. The lowest BCUT2D eigenvalue weighted by Crippen LogP contribution is -1.96. The lowest BCUT2D eigenvalue weighted by molar-refractivity contribution is 0.682. The van der Waals surface area contributed by atoms with Gasteiger partial charge >= 0.3 is 0 Å². The van der Waals surface area contributed by atoms with Gasteiger partial charge in [0.1, 0.15) is 0 Å². The second-order valence-electron chi connectivity index (χ2n) is 2.10. The standard InChI is InChI=1S/C6H11N3/c1-4-6-5(2)7-8-9(6)3/h4H2,1-3H3. The van der Waals surface area contributed by atoms with Crippen LogP contribution < -0.4 is 0 Å². The molecule has 3 nitrogen and oxygen atoms in total. The molecule has 0 aliphatic heterocycles. The quantitative estimate of drug-likeness (QED) is 0.552. The molecule has 0 saturated heterocycles. The fourth-order valence-corrected chi connectivity index (χ4v) is 0.965. The zero-order chi connectivity index (χ0) is 6.85. The van der Waals surface area contributed by atoms with E-state index in [1.165, 1.54) is 5.69 Å². The third-order valence-corrected chi connectivity index (χ3v) is 1.47. The topological polar surface area (TPSA) is 30.7 Å². The highest BCUT2D eigenvalue weighted by molar-refractivity contribution is 5.06. The summed E-state index contributed by atoms with van der Waals surface area (Å²) < 4.78 is 1.81. The predicted molar refractivity (Wildman–Crippen MR) is 35.1 cm³/mol. The van der Waals surface area contributed by atoms with Gasteiger partial charge in [-0.25, -0.2) is 0 Å². The largest absolute Gasteiger partial charge is 0.252 e. The van der Waals surface area contributed by atoms with E-state index < -0.39 is 0 Å². The van der Waals surface area contributed by atoms with Gasteiger partial charge in [0, 0.05) is 7.05 Å². The van der Waals surface area contributed by atoms with Crippen molar-refractivity contribution in [2.45, 2.75) is 20.3 Å². The number of nitrogens with zero attached hydrogens (tertiary/aromatic N) is 3. The number of aryl methyl sites for hydroxylation is 2. The molecule has 0 spiro atoms. The fraction of sp³-hybridized carbons (Fsp3) is 0.667. The van der Waals surface area contributed by atoms with E-state index >= 15 is 0 Å². The molecule has 0 amide bonds. The highest BCUT2D eigenvalue weighted by atomic mass is 15.4. The first kappa shape index (κ1) is 6.26. The normalized spacial score (nSPS) is 10.1. The van der Waals surface area contributed by atoms with Gasteiger partial charge in [-0.2, -0.15) is 0 Å². The SMILES string of the molecule is CCc1c(C)nnn1C. The summed E-state index contributed by atoms with van der Waals surface area (Å²) in [4.78, 5) is 0. The summed E-state index contributed by atoms with van der Waals surface area (Å²) >= 11 is 0. The van der Waals surface area contributed by atoms with Crippen LogP contribution in [-0.4, -0.2) is 15.0 Å². The summed E-state index contributed by atoms with van der Waals surface area (Å²) in [5.41, 5.74) is 2.26. The lowest BCUT2D eigenvalue weighted by Gasteiger charge is -1.93. The van der Waals surface area contributed by atoms with Crippen molar-refractivity contribution in [3.63, 3.8) is 0 Å². The molecular weight excluding hydrogens is 114 g/mol. The first-order valence-electron chi connectivity index (χ1n) is 3.11. The Hall–Kier alpha value is -0.860. The third kappa shape index (κ3) is 0.943. The monoisotopic (exact) mass is 125 g/mol. The van der Waals surface area contributed by atoms with Crippen molar-refractivity contribution in [3.8, 4) is 0 Å². The van der Waals surface area contributed by atoms with Crippen LogP contribution >= 0.6 is 0 Å². The maximum Gasteiger partial charge on any atom is 0.0828 e. The van der Waals surface area contributed by atoms with Gasteiger partial charge in [0.05, 0.1) is 11.4 Å². The van der Waals surface area contributed by atoms with Crippen molar-refractivity contribution in [2.24, 2.45) is 7.05 Å². The molecule has 0 fully saturated rings. The van der Waals surface area contributed by atoms with Crippen LogP contribution in [0.15, 0.2) is 0 Å². The highest BCUT2D eigenvalue weighted by Gasteiger charge is 2.00. The molecule has 0 unspecified atom stereocenters. The molecular formula is C6H11N3. The fourth-order valence-electron chi connectivity index (χ4n) is 0.965. The first-order chi connectivity index (χ1) is 4.25. The summed E-state index contributed by atoms with van der Waals surface area (Å²) in [6, 6.07) is 0. The molecule has 1 aromatic rings. The molecule has 0 saturated carbocycles. The van der Waals surface area contributed by atoms with Crippen LogP contribution in [0, 0.1) is 6.92 Å². The minimum Gasteiger partial charge on any atom is -0.252 e. The van der Waals surface area contributed by atoms with Gasteiger partial charge in [-0.1, -0.05) is 12.1 Å². The van der Waals surface area contributed by atoms with Gasteiger partial charge < -0.3 is 0 Å². The van der Waals surface area contributed by atoms with Crippen LogP contribution in [0.4, 0.5) is 0 Å². The minimum absolute atomic E-state index is 1.01. The molecule has 0 aliphatic carbocycles. The van der Waals surface area contributed by atoms with Gasteiger partial charge in [-0.05, 0) is 13.3 Å². The molecule has 0 bridgehead atoms. The van der Waals surface area contributed by atoms with Gasteiger partial charge in [-0.15, -0.1) is 5.10 Å². The van der Waals surface area contributed by atoms with Crippen molar-refractivity contribution in [1.29, 1.82) is 0 Å². The summed E-state index contributed by atoms with van der Waals surface area (Å²) in [6.45, 7) is 4.08. The maximum absolute atomic E-state index is 3.90. The summed E-state index contributed by atoms with van der Waals surface area (Å²) in [5, 5.41) is 7.75. The van der Waals surface area contributed by atoms with Crippen LogP contribution in [0.2, 0.25) is 0 Å². The summed E-state index contributed by atoms with van der Waals surface area (Å²) in [6.07, 6.45) is 1.01. The highest BCUT2D eigenvalue weighted by Crippen LogP contribution is 2.00. The molecule has 0 atom stereocenters. The molecule has 0 N–H and O–H groups in total. The van der Waals surface area contributed by atoms with Crippen LogP contribution in [0.5, 0.6) is 0 Å². The van der Waals surface area contributed by atoms with E-state index in [4.69, 9.17) is 0 Å². The van der Waals surface area contributed by atoms with E-state index in [0.717, 1.165) is 12.1 Å². The maximum atomic E-state index is 3.90. The Kier molecular flexibility index (Phi) is 1.51. The van der Waals surface area contributed by atoms with Crippen molar-refractivity contribution in [2.75, 3.05) is 0 Å². The van der Waals surface area contributed by atoms with E-state index in [1.807, 2.05) is 18.7 Å². The van der Waals surface area contributed by atoms with E-state index in [1.54, 1.807) is 0 Å². The van der Waals surface area contributed by atoms with Crippen molar-refractivity contribution in [1.82, 2.24) is 15.0 Å². The van der Waals surface area contributed by atoms with Crippen molar-refractivity contribution < 1.29 is 0 Å². The van der Waals surface area contributed by atoms with Gasteiger partial charge in [-0.3, -0.25) is 4.68 Å². The molecule has 1 aromatic heterocycles. The van der Waals surface area contributed by atoms with Gasteiger partial charge in [0.2, 0.25) is 0 Å². The predicted octanol–water partition coefficient (Wildman–Crippen LogP) is 0.686. The molecule has 0 aromatic carbocycles. The van der Waals surface area contributed by atoms with Crippen LogP contribution in [0.3, 0.4) is 0 Å².